The quantitative estimate of drug-likeness (QED) is 0.711. The van der Waals surface area contributed by atoms with E-state index in [1.807, 2.05) is 0 Å². The highest BCUT2D eigenvalue weighted by Gasteiger charge is 2.07. The maximum Gasteiger partial charge on any atom is 0.271 e. The van der Waals surface area contributed by atoms with E-state index >= 15 is 0 Å². The Balaban J connectivity index is 1.85. The second-order valence-electron chi connectivity index (χ2n) is 3.15. The van der Waals surface area contributed by atoms with Crippen LogP contribution >= 0.6 is 0 Å². The zero-order valence-corrected chi connectivity index (χ0v) is 8.71. The minimum Gasteiger partial charge on any atom is -0.350 e. The number of hydrogen-bond acceptors (Lipinski definition) is 6. The summed E-state index contributed by atoms with van der Waals surface area (Å²) in [6.45, 7) is 0.349. The topological polar surface area (TPSA) is 114 Å². The third-order valence-corrected chi connectivity index (χ3v) is 1.94. The molecule has 8 heteroatoms. The lowest BCUT2D eigenvalue weighted by Gasteiger charge is -2.01. The Labute approximate surface area is 95.0 Å². The number of aromatic amines is 1. The smallest absolute Gasteiger partial charge is 0.271 e. The van der Waals surface area contributed by atoms with Gasteiger partial charge in [0, 0.05) is 19.0 Å². The minimum absolute atomic E-state index is 0.148. The van der Waals surface area contributed by atoms with Crippen LogP contribution in [-0.4, -0.2) is 32.8 Å². The molecule has 0 saturated carbocycles. The Morgan fingerprint density at radius 2 is 2.35 bits per heavy atom. The summed E-state index contributed by atoms with van der Waals surface area (Å²) in [5.41, 5.74) is -0.206. The van der Waals surface area contributed by atoms with Crippen LogP contribution in [0.1, 0.15) is 16.4 Å². The number of carbonyl (C=O) groups excluding carboxylic acids is 1. The second-order valence-corrected chi connectivity index (χ2v) is 3.15. The van der Waals surface area contributed by atoms with Crippen LogP contribution in [0.15, 0.2) is 27.8 Å². The van der Waals surface area contributed by atoms with Gasteiger partial charge in [-0.2, -0.15) is 10.1 Å². The molecule has 0 atom stereocenters. The largest absolute Gasteiger partial charge is 0.350 e. The van der Waals surface area contributed by atoms with Gasteiger partial charge in [0.2, 0.25) is 5.89 Å². The van der Waals surface area contributed by atoms with Gasteiger partial charge in [0.15, 0.2) is 6.33 Å². The lowest BCUT2D eigenvalue weighted by molar-refractivity contribution is 0.0947. The van der Waals surface area contributed by atoms with Crippen LogP contribution in [0, 0.1) is 0 Å². The summed E-state index contributed by atoms with van der Waals surface area (Å²) in [5.74, 6) is 0.0699. The number of hydrogen-bond donors (Lipinski definition) is 2. The summed E-state index contributed by atoms with van der Waals surface area (Å²) in [7, 11) is 0. The first-order chi connectivity index (χ1) is 8.25. The molecular weight excluding hydrogens is 226 g/mol. The van der Waals surface area contributed by atoms with Crippen molar-refractivity contribution in [2.45, 2.75) is 6.42 Å². The van der Waals surface area contributed by atoms with Gasteiger partial charge in [0.25, 0.3) is 11.5 Å². The fourth-order valence-electron chi connectivity index (χ4n) is 1.15. The molecule has 0 spiro atoms. The molecule has 0 aliphatic rings. The molecule has 8 nitrogen and oxygen atoms in total. The van der Waals surface area contributed by atoms with E-state index in [0.717, 1.165) is 0 Å². The van der Waals surface area contributed by atoms with E-state index in [1.165, 1.54) is 18.5 Å². The summed E-state index contributed by atoms with van der Waals surface area (Å²) < 4.78 is 4.76. The van der Waals surface area contributed by atoms with Crippen molar-refractivity contribution in [3.63, 3.8) is 0 Å². The predicted octanol–water partition coefficient (Wildman–Crippen LogP) is -0.875. The highest BCUT2D eigenvalue weighted by atomic mass is 16.5. The van der Waals surface area contributed by atoms with E-state index in [2.05, 4.69) is 25.7 Å². The highest BCUT2D eigenvalue weighted by Crippen LogP contribution is 1.92. The summed E-state index contributed by atoms with van der Waals surface area (Å²) in [4.78, 5) is 26.1. The Bertz CT molecular complexity index is 528. The van der Waals surface area contributed by atoms with Gasteiger partial charge in [-0.3, -0.25) is 9.59 Å². The third kappa shape index (κ3) is 2.97. The summed E-state index contributed by atoms with van der Waals surface area (Å²) >= 11 is 0. The first-order valence-corrected chi connectivity index (χ1v) is 4.85. The van der Waals surface area contributed by atoms with Crippen molar-refractivity contribution in [1.29, 1.82) is 0 Å². The SMILES string of the molecule is O=C(NCCc1ncno1)c1ccc(=O)[nH]n1. The van der Waals surface area contributed by atoms with E-state index in [9.17, 15) is 9.59 Å². The van der Waals surface area contributed by atoms with Crippen molar-refractivity contribution < 1.29 is 9.32 Å². The van der Waals surface area contributed by atoms with Gasteiger partial charge in [-0.1, -0.05) is 5.16 Å². The van der Waals surface area contributed by atoms with Crippen LogP contribution in [-0.2, 0) is 6.42 Å². The molecule has 2 aromatic rings. The molecule has 0 bridgehead atoms. The second kappa shape index (κ2) is 5.01. The molecule has 1 amide bonds. The van der Waals surface area contributed by atoms with Gasteiger partial charge in [-0.05, 0) is 6.07 Å². The maximum atomic E-state index is 11.5. The number of amides is 1. The number of nitrogens with one attached hydrogen (secondary N) is 2. The minimum atomic E-state index is -0.374. The highest BCUT2D eigenvalue weighted by molar-refractivity contribution is 5.91. The molecule has 2 rings (SSSR count). The van der Waals surface area contributed by atoms with E-state index in [0.29, 0.717) is 18.9 Å². The molecule has 0 aliphatic heterocycles. The molecule has 0 aliphatic carbocycles. The zero-order chi connectivity index (χ0) is 12.1. The van der Waals surface area contributed by atoms with E-state index in [-0.39, 0.29) is 17.2 Å². The number of carbonyl (C=O) groups is 1. The molecule has 2 N–H and O–H groups in total. The first kappa shape index (κ1) is 11.0. The molecule has 0 aromatic carbocycles. The van der Waals surface area contributed by atoms with Gasteiger partial charge >= 0.3 is 0 Å². The van der Waals surface area contributed by atoms with Crippen LogP contribution in [0.5, 0.6) is 0 Å². The van der Waals surface area contributed by atoms with E-state index in [4.69, 9.17) is 4.52 Å². The third-order valence-electron chi connectivity index (χ3n) is 1.94. The van der Waals surface area contributed by atoms with Gasteiger partial charge < -0.3 is 9.84 Å². The van der Waals surface area contributed by atoms with Crippen molar-refractivity contribution in [1.82, 2.24) is 25.7 Å². The maximum absolute atomic E-state index is 11.5. The monoisotopic (exact) mass is 235 g/mol. The molecule has 88 valence electrons. The number of H-pyrrole nitrogens is 1. The van der Waals surface area contributed by atoms with Crippen LogP contribution in [0.25, 0.3) is 0 Å². The van der Waals surface area contributed by atoms with Crippen LogP contribution in [0.3, 0.4) is 0 Å². The van der Waals surface area contributed by atoms with Crippen LogP contribution < -0.4 is 10.9 Å². The normalized spacial score (nSPS) is 10.1. The average Bonchev–Trinajstić information content (AvgIpc) is 2.83. The zero-order valence-electron chi connectivity index (χ0n) is 8.71. The lowest BCUT2D eigenvalue weighted by Crippen LogP contribution is -2.27. The summed E-state index contributed by atoms with van der Waals surface area (Å²) in [6, 6.07) is 2.58. The average molecular weight is 235 g/mol. The van der Waals surface area contributed by atoms with Gasteiger partial charge in [-0.15, -0.1) is 0 Å². The number of aromatic nitrogens is 4. The van der Waals surface area contributed by atoms with Gasteiger partial charge in [-0.25, -0.2) is 5.10 Å². The fraction of sp³-hybridized carbons (Fsp3) is 0.222. The lowest BCUT2D eigenvalue weighted by atomic mass is 10.3. The van der Waals surface area contributed by atoms with Gasteiger partial charge in [0.1, 0.15) is 5.69 Å². The molecule has 17 heavy (non-hydrogen) atoms. The van der Waals surface area contributed by atoms with Crippen molar-refractivity contribution in [2.24, 2.45) is 0 Å². The Morgan fingerprint density at radius 3 is 3.00 bits per heavy atom. The van der Waals surface area contributed by atoms with Crippen molar-refractivity contribution >= 4 is 5.91 Å². The number of rotatable bonds is 4. The van der Waals surface area contributed by atoms with Crippen molar-refractivity contribution in [3.05, 3.63) is 40.4 Å². The number of nitrogens with zero attached hydrogens (tertiary/aromatic N) is 3. The molecule has 0 saturated heterocycles. The fourth-order valence-corrected chi connectivity index (χ4v) is 1.15. The standard InChI is InChI=1S/C9H9N5O3/c15-7-2-1-6(13-14-7)9(16)10-4-3-8-11-5-12-17-8/h1-2,5H,3-4H2,(H,10,16)(H,14,15). The first-order valence-electron chi connectivity index (χ1n) is 4.85. The molecular formula is C9H9N5O3. The van der Waals surface area contributed by atoms with Crippen molar-refractivity contribution in [2.75, 3.05) is 6.54 Å². The predicted molar refractivity (Wildman–Crippen MR) is 55.2 cm³/mol. The van der Waals surface area contributed by atoms with E-state index < -0.39 is 0 Å². The molecule has 0 fully saturated rings. The van der Waals surface area contributed by atoms with Gasteiger partial charge in [0.05, 0.1) is 0 Å². The Kier molecular flexibility index (Phi) is 3.24. The van der Waals surface area contributed by atoms with Crippen LogP contribution in [0.2, 0.25) is 0 Å². The summed E-state index contributed by atoms with van der Waals surface area (Å²) in [6.07, 6.45) is 1.73. The molecule has 2 heterocycles. The summed E-state index contributed by atoms with van der Waals surface area (Å²) in [5, 5.41) is 11.8. The van der Waals surface area contributed by atoms with E-state index in [1.54, 1.807) is 0 Å². The Hall–Kier alpha value is -2.51. The molecule has 0 radical (unpaired) electrons. The Morgan fingerprint density at radius 1 is 1.47 bits per heavy atom. The van der Waals surface area contributed by atoms with Crippen LogP contribution in [0.4, 0.5) is 0 Å². The van der Waals surface area contributed by atoms with Crippen molar-refractivity contribution in [3.8, 4) is 0 Å². The molecule has 0 unspecified atom stereocenters. The molecule has 2 aromatic heterocycles.